The highest BCUT2D eigenvalue weighted by Crippen LogP contribution is 2.25. The van der Waals surface area contributed by atoms with Crippen molar-refractivity contribution in [2.24, 2.45) is 14.1 Å². The topological polar surface area (TPSA) is 132 Å². The molecule has 0 aliphatic heterocycles. The Morgan fingerprint density at radius 1 is 1.10 bits per heavy atom. The predicted molar refractivity (Wildman–Crippen MR) is 105 cm³/mol. The van der Waals surface area contributed by atoms with E-state index in [-0.39, 0.29) is 5.82 Å². The summed E-state index contributed by atoms with van der Waals surface area (Å²) in [6.45, 7) is -0.708. The van der Waals surface area contributed by atoms with E-state index < -0.39 is 35.2 Å². The lowest BCUT2D eigenvalue weighted by Crippen LogP contribution is -2.42. The summed E-state index contributed by atoms with van der Waals surface area (Å²) in [6.07, 6.45) is 2.56. The number of hydrogen-bond donors (Lipinski definition) is 1. The van der Waals surface area contributed by atoms with Gasteiger partial charge in [0.1, 0.15) is 22.9 Å². The fourth-order valence-electron chi connectivity index (χ4n) is 2.49. The molecule has 0 saturated heterocycles. The lowest BCUT2D eigenvalue weighted by molar-refractivity contribution is -0.136. The molecule has 0 fully saturated rings. The van der Waals surface area contributed by atoms with Gasteiger partial charge in [0, 0.05) is 31.8 Å². The van der Waals surface area contributed by atoms with Gasteiger partial charge in [-0.25, -0.2) is 9.59 Å². The average molecular weight is 403 g/mol. The van der Waals surface area contributed by atoms with Crippen LogP contribution in [0.5, 0.6) is 11.5 Å². The molecule has 0 aliphatic rings. The van der Waals surface area contributed by atoms with Crippen LogP contribution in [0.2, 0.25) is 0 Å². The number of nitrogens with two attached hydrogens (primary N) is 1. The van der Waals surface area contributed by atoms with Crippen LogP contribution in [0.15, 0.2) is 33.9 Å². The average Bonchev–Trinajstić information content (AvgIpc) is 2.73. The van der Waals surface area contributed by atoms with Crippen LogP contribution >= 0.6 is 0 Å². The highest BCUT2D eigenvalue weighted by atomic mass is 16.5. The van der Waals surface area contributed by atoms with Crippen LogP contribution in [0.4, 0.5) is 5.82 Å². The minimum absolute atomic E-state index is 0.294. The molecule has 0 radical (unpaired) electrons. The van der Waals surface area contributed by atoms with E-state index in [0.29, 0.717) is 17.1 Å². The van der Waals surface area contributed by atoms with Gasteiger partial charge in [0.25, 0.3) is 5.56 Å². The van der Waals surface area contributed by atoms with E-state index in [4.69, 9.17) is 19.9 Å². The van der Waals surface area contributed by atoms with Crippen molar-refractivity contribution >= 4 is 23.6 Å². The molecule has 0 amide bonds. The number of carbonyl (C=O) groups excluding carboxylic acids is 2. The van der Waals surface area contributed by atoms with E-state index in [1.54, 1.807) is 18.2 Å². The fourth-order valence-corrected chi connectivity index (χ4v) is 2.49. The summed E-state index contributed by atoms with van der Waals surface area (Å²) in [7, 11) is 5.54. The van der Waals surface area contributed by atoms with Gasteiger partial charge in [-0.05, 0) is 18.2 Å². The number of ether oxygens (including phenoxy) is 3. The van der Waals surface area contributed by atoms with Crippen LogP contribution in [0.25, 0.3) is 6.08 Å². The third-order valence-electron chi connectivity index (χ3n) is 4.17. The maximum Gasteiger partial charge on any atom is 0.332 e. The molecule has 0 spiro atoms. The minimum atomic E-state index is -0.856. The van der Waals surface area contributed by atoms with E-state index in [0.717, 1.165) is 15.2 Å². The summed E-state index contributed by atoms with van der Waals surface area (Å²) >= 11 is 0. The summed E-state index contributed by atoms with van der Waals surface area (Å²) in [5.41, 5.74) is 4.35. The minimum Gasteiger partial charge on any atom is -0.497 e. The zero-order valence-corrected chi connectivity index (χ0v) is 16.4. The van der Waals surface area contributed by atoms with Crippen LogP contribution in [0.3, 0.4) is 0 Å². The first kappa shape index (κ1) is 21.5. The monoisotopic (exact) mass is 403 g/mol. The third kappa shape index (κ3) is 4.54. The predicted octanol–water partition coefficient (Wildman–Crippen LogP) is 0.123. The fraction of sp³-hybridized carbons (Fsp3) is 0.263. The molecule has 2 rings (SSSR count). The molecule has 2 N–H and O–H groups in total. The van der Waals surface area contributed by atoms with Gasteiger partial charge in [-0.2, -0.15) is 0 Å². The number of methoxy groups -OCH3 is 2. The Labute approximate surface area is 165 Å². The Balaban J connectivity index is 2.13. The number of benzene rings is 1. The quantitative estimate of drug-likeness (QED) is 0.392. The van der Waals surface area contributed by atoms with Crippen molar-refractivity contribution in [2.45, 2.75) is 0 Å². The first-order valence-corrected chi connectivity index (χ1v) is 8.36. The number of nitrogen functional groups attached to an aromatic ring is 1. The molecule has 0 saturated carbocycles. The van der Waals surface area contributed by atoms with Crippen molar-refractivity contribution in [2.75, 3.05) is 26.6 Å². The normalized spacial score (nSPS) is 10.8. The van der Waals surface area contributed by atoms with E-state index in [9.17, 15) is 19.2 Å². The zero-order valence-electron chi connectivity index (χ0n) is 16.4. The second-order valence-corrected chi connectivity index (χ2v) is 5.94. The summed E-state index contributed by atoms with van der Waals surface area (Å²) < 4.78 is 16.9. The Morgan fingerprint density at radius 2 is 1.79 bits per heavy atom. The Hall–Kier alpha value is -3.82. The number of rotatable bonds is 7. The standard InChI is InChI=1S/C19H21N3O7/c1-21-17(20)16(18(25)22(2)19(21)26)13(23)10-29-15(24)8-6-11-5-7-12(27-3)9-14(11)28-4/h5-9H,10,20H2,1-4H3/b8-6+. The van der Waals surface area contributed by atoms with E-state index in [2.05, 4.69) is 0 Å². The Morgan fingerprint density at radius 3 is 2.41 bits per heavy atom. The highest BCUT2D eigenvalue weighted by Gasteiger charge is 2.21. The number of anilines is 1. The Kier molecular flexibility index (Phi) is 6.60. The first-order chi connectivity index (χ1) is 13.7. The van der Waals surface area contributed by atoms with Gasteiger partial charge < -0.3 is 19.9 Å². The van der Waals surface area contributed by atoms with Crippen LogP contribution in [-0.4, -0.2) is 41.7 Å². The molecule has 1 heterocycles. The van der Waals surface area contributed by atoms with Gasteiger partial charge in [-0.15, -0.1) is 0 Å². The maximum atomic E-state index is 12.3. The van der Waals surface area contributed by atoms with Crippen LogP contribution in [0, 0.1) is 0 Å². The lowest BCUT2D eigenvalue weighted by atomic mass is 10.1. The molecule has 29 heavy (non-hydrogen) atoms. The molecule has 10 nitrogen and oxygen atoms in total. The van der Waals surface area contributed by atoms with Gasteiger partial charge in [0.05, 0.1) is 14.2 Å². The van der Waals surface area contributed by atoms with Gasteiger partial charge in [0.2, 0.25) is 5.78 Å². The highest BCUT2D eigenvalue weighted by molar-refractivity contribution is 6.02. The van der Waals surface area contributed by atoms with Crippen molar-refractivity contribution < 1.29 is 23.8 Å². The zero-order chi connectivity index (χ0) is 21.7. The molecular weight excluding hydrogens is 382 g/mol. The second-order valence-electron chi connectivity index (χ2n) is 5.94. The molecule has 10 heteroatoms. The number of hydrogen-bond acceptors (Lipinski definition) is 8. The summed E-state index contributed by atoms with van der Waals surface area (Å²) in [4.78, 5) is 48.2. The number of ketones is 1. The maximum absolute atomic E-state index is 12.3. The summed E-state index contributed by atoms with van der Waals surface area (Å²) in [5, 5.41) is 0. The number of carbonyl (C=O) groups is 2. The molecule has 0 bridgehead atoms. The molecule has 0 aliphatic carbocycles. The SMILES string of the molecule is COc1ccc(/C=C/C(=O)OCC(=O)c2c(N)n(C)c(=O)n(C)c2=O)c(OC)c1. The molecule has 0 atom stereocenters. The second kappa shape index (κ2) is 8.91. The number of aromatic nitrogens is 2. The van der Waals surface area contributed by atoms with Gasteiger partial charge in [0.15, 0.2) is 6.61 Å². The van der Waals surface area contributed by atoms with Crippen molar-refractivity contribution in [3.05, 3.63) is 56.2 Å². The molecule has 1 aromatic carbocycles. The first-order valence-electron chi connectivity index (χ1n) is 8.36. The Bertz CT molecular complexity index is 1100. The van der Waals surface area contributed by atoms with Gasteiger partial charge in [-0.3, -0.25) is 18.7 Å². The van der Waals surface area contributed by atoms with E-state index >= 15 is 0 Å². The summed E-state index contributed by atoms with van der Waals surface area (Å²) in [6, 6.07) is 5.02. The largest absolute Gasteiger partial charge is 0.497 e. The van der Waals surface area contributed by atoms with Crippen LogP contribution < -0.4 is 26.5 Å². The van der Waals surface area contributed by atoms with Crippen molar-refractivity contribution in [3.8, 4) is 11.5 Å². The molecule has 2 aromatic rings. The molecule has 154 valence electrons. The van der Waals surface area contributed by atoms with Crippen molar-refractivity contribution in [1.29, 1.82) is 0 Å². The number of esters is 1. The van der Waals surface area contributed by atoms with Gasteiger partial charge in [-0.1, -0.05) is 0 Å². The van der Waals surface area contributed by atoms with Crippen LogP contribution in [-0.2, 0) is 23.6 Å². The van der Waals surface area contributed by atoms with Crippen molar-refractivity contribution in [1.82, 2.24) is 9.13 Å². The number of Topliss-reactive ketones (excluding diaryl/α,β-unsaturated/α-hetero) is 1. The summed E-state index contributed by atoms with van der Waals surface area (Å²) in [5.74, 6) is -0.855. The number of nitrogens with zero attached hydrogens (tertiary/aromatic N) is 2. The van der Waals surface area contributed by atoms with E-state index in [1.807, 2.05) is 0 Å². The van der Waals surface area contributed by atoms with Crippen LogP contribution in [0.1, 0.15) is 15.9 Å². The van der Waals surface area contributed by atoms with E-state index in [1.165, 1.54) is 34.4 Å². The third-order valence-corrected chi connectivity index (χ3v) is 4.17. The van der Waals surface area contributed by atoms with Crippen molar-refractivity contribution in [3.63, 3.8) is 0 Å². The molecule has 1 aromatic heterocycles. The smallest absolute Gasteiger partial charge is 0.332 e. The molecule has 0 unspecified atom stereocenters. The van der Waals surface area contributed by atoms with Gasteiger partial charge >= 0.3 is 11.7 Å². The lowest BCUT2D eigenvalue weighted by Gasteiger charge is -2.10. The molecular formula is C19H21N3O7.